The molecule has 0 atom stereocenters. The lowest BCUT2D eigenvalue weighted by molar-refractivity contribution is -0.390. The van der Waals surface area contributed by atoms with E-state index in [2.05, 4.69) is 11.8 Å². The third-order valence-corrected chi connectivity index (χ3v) is 1.84. The number of halogens is 3. The van der Waals surface area contributed by atoms with Gasteiger partial charge in [-0.3, -0.25) is 10.1 Å². The monoisotopic (exact) mass is 245 g/mol. The summed E-state index contributed by atoms with van der Waals surface area (Å²) in [5.41, 5.74) is -1.12. The predicted molar refractivity (Wildman–Crippen MR) is 55.2 cm³/mol. The van der Waals surface area contributed by atoms with Crippen LogP contribution in [0.2, 0.25) is 0 Å². The molecule has 84 valence electrons. The van der Waals surface area contributed by atoms with Gasteiger partial charge < -0.3 is 0 Å². The van der Waals surface area contributed by atoms with Gasteiger partial charge in [0.2, 0.25) is 11.6 Å². The molecule has 3 nitrogen and oxygen atoms in total. The Morgan fingerprint density at radius 3 is 2.38 bits per heavy atom. The van der Waals surface area contributed by atoms with Gasteiger partial charge in [-0.1, -0.05) is 11.8 Å². The normalized spacial score (nSPS) is 9.44. The smallest absolute Gasteiger partial charge is 0.258 e. The summed E-state index contributed by atoms with van der Waals surface area (Å²) in [4.78, 5) is 9.18. The molecule has 0 unspecified atom stereocenters. The molecule has 0 aromatic heterocycles. The van der Waals surface area contributed by atoms with Crippen molar-refractivity contribution in [2.45, 2.75) is 6.42 Å². The molecular formula is C10H6ClF2NO2. The van der Waals surface area contributed by atoms with Crippen LogP contribution in [0.25, 0.3) is 0 Å². The molecule has 0 radical (unpaired) electrons. The van der Waals surface area contributed by atoms with E-state index in [9.17, 15) is 18.9 Å². The largest absolute Gasteiger partial charge is 0.340 e. The molecule has 0 saturated carbocycles. The lowest BCUT2D eigenvalue weighted by Gasteiger charge is -1.96. The Morgan fingerprint density at radius 2 is 1.94 bits per heavy atom. The van der Waals surface area contributed by atoms with Crippen LogP contribution in [0.15, 0.2) is 12.1 Å². The van der Waals surface area contributed by atoms with Crippen molar-refractivity contribution in [3.05, 3.63) is 39.4 Å². The molecule has 0 heterocycles. The van der Waals surface area contributed by atoms with E-state index < -0.39 is 22.2 Å². The van der Waals surface area contributed by atoms with Crippen LogP contribution in [0, 0.1) is 33.6 Å². The predicted octanol–water partition coefficient (Wildman–Crippen LogP) is 2.85. The third-order valence-electron chi connectivity index (χ3n) is 1.65. The van der Waals surface area contributed by atoms with Gasteiger partial charge in [0.1, 0.15) is 0 Å². The van der Waals surface area contributed by atoms with Gasteiger partial charge in [-0.15, -0.1) is 11.6 Å². The fourth-order valence-corrected chi connectivity index (χ4v) is 1.12. The highest BCUT2D eigenvalue weighted by atomic mass is 35.5. The number of rotatable bonds is 2. The Hall–Kier alpha value is -1.67. The Kier molecular flexibility index (Phi) is 4.20. The minimum atomic E-state index is -1.24. The summed E-state index contributed by atoms with van der Waals surface area (Å²) in [5.74, 6) is 2.86. The molecule has 16 heavy (non-hydrogen) atoms. The van der Waals surface area contributed by atoms with Crippen LogP contribution in [-0.4, -0.2) is 10.8 Å². The Balaban J connectivity index is 3.11. The minimum Gasteiger partial charge on any atom is -0.258 e. The Bertz CT molecular complexity index is 456. The zero-order valence-electron chi connectivity index (χ0n) is 7.97. The van der Waals surface area contributed by atoms with E-state index in [-0.39, 0.29) is 5.56 Å². The SMILES string of the molecule is O=[N+]([O-])c1c(F)cc(C#CCCCl)cc1F. The van der Waals surface area contributed by atoms with Crippen LogP contribution >= 0.6 is 11.6 Å². The number of nitro groups is 1. The highest BCUT2D eigenvalue weighted by Crippen LogP contribution is 2.22. The number of alkyl halides is 1. The van der Waals surface area contributed by atoms with Crippen molar-refractivity contribution in [2.75, 3.05) is 5.88 Å². The summed E-state index contributed by atoms with van der Waals surface area (Å²) in [6.45, 7) is 0. The fourth-order valence-electron chi connectivity index (χ4n) is 1.02. The molecule has 0 aliphatic rings. The van der Waals surface area contributed by atoms with Crippen LogP contribution in [-0.2, 0) is 0 Å². The summed E-state index contributed by atoms with van der Waals surface area (Å²) in [6.07, 6.45) is 0.377. The van der Waals surface area contributed by atoms with Crippen LogP contribution < -0.4 is 0 Å². The maximum absolute atomic E-state index is 13.1. The van der Waals surface area contributed by atoms with Crippen LogP contribution in [0.5, 0.6) is 0 Å². The molecule has 0 N–H and O–H groups in total. The maximum atomic E-state index is 13.1. The van der Waals surface area contributed by atoms with Crippen molar-refractivity contribution < 1.29 is 13.7 Å². The summed E-state index contributed by atoms with van der Waals surface area (Å²) >= 11 is 5.36. The first kappa shape index (κ1) is 12.4. The molecule has 1 aromatic carbocycles. The Labute approximate surface area is 95.2 Å². The van der Waals surface area contributed by atoms with E-state index in [0.29, 0.717) is 12.3 Å². The van der Waals surface area contributed by atoms with Gasteiger partial charge in [0.05, 0.1) is 4.92 Å². The summed E-state index contributed by atoms with van der Waals surface area (Å²) in [5, 5.41) is 10.3. The van der Waals surface area contributed by atoms with E-state index >= 15 is 0 Å². The van der Waals surface area contributed by atoms with Gasteiger partial charge in [0, 0.05) is 17.9 Å². The van der Waals surface area contributed by atoms with Gasteiger partial charge >= 0.3 is 5.69 Å². The number of nitrogens with zero attached hydrogens (tertiary/aromatic N) is 1. The third kappa shape index (κ3) is 2.91. The first-order valence-corrected chi connectivity index (χ1v) is 4.78. The van der Waals surface area contributed by atoms with Gasteiger partial charge in [-0.05, 0) is 12.1 Å². The van der Waals surface area contributed by atoms with E-state index in [0.717, 1.165) is 12.1 Å². The average Bonchev–Trinajstić information content (AvgIpc) is 2.16. The van der Waals surface area contributed by atoms with Crippen LogP contribution in [0.4, 0.5) is 14.5 Å². The molecule has 0 fully saturated rings. The molecular weight excluding hydrogens is 240 g/mol. The summed E-state index contributed by atoms with van der Waals surface area (Å²) < 4.78 is 26.2. The number of benzene rings is 1. The van der Waals surface area contributed by atoms with E-state index in [1.807, 2.05) is 0 Å². The van der Waals surface area contributed by atoms with Crippen molar-refractivity contribution in [1.29, 1.82) is 0 Å². The number of hydrogen-bond donors (Lipinski definition) is 0. The lowest BCUT2D eigenvalue weighted by atomic mass is 10.2. The van der Waals surface area contributed by atoms with Gasteiger partial charge in [-0.25, -0.2) is 0 Å². The van der Waals surface area contributed by atoms with Gasteiger partial charge in [0.25, 0.3) is 0 Å². The molecule has 0 aliphatic carbocycles. The molecule has 0 saturated heterocycles. The van der Waals surface area contributed by atoms with Crippen molar-refractivity contribution in [3.63, 3.8) is 0 Å². The quantitative estimate of drug-likeness (QED) is 0.348. The topological polar surface area (TPSA) is 43.1 Å². The second-order valence-electron chi connectivity index (χ2n) is 2.79. The highest BCUT2D eigenvalue weighted by Gasteiger charge is 2.21. The molecule has 0 amide bonds. The Morgan fingerprint density at radius 1 is 1.38 bits per heavy atom. The number of hydrogen-bond acceptors (Lipinski definition) is 2. The first-order chi connectivity index (χ1) is 7.56. The molecule has 1 aromatic rings. The molecule has 1 rings (SSSR count). The van der Waals surface area contributed by atoms with Crippen molar-refractivity contribution >= 4 is 17.3 Å². The summed E-state index contributed by atoms with van der Waals surface area (Å²) in [7, 11) is 0. The minimum absolute atomic E-state index is 0.0470. The van der Waals surface area contributed by atoms with Crippen LogP contribution in [0.3, 0.4) is 0 Å². The summed E-state index contributed by atoms with van der Waals surface area (Å²) in [6, 6.07) is 1.64. The zero-order chi connectivity index (χ0) is 12.1. The van der Waals surface area contributed by atoms with Crippen LogP contribution in [0.1, 0.15) is 12.0 Å². The molecule has 6 heteroatoms. The van der Waals surface area contributed by atoms with E-state index in [4.69, 9.17) is 11.6 Å². The average molecular weight is 246 g/mol. The molecule has 0 spiro atoms. The number of nitro benzene ring substituents is 1. The zero-order valence-corrected chi connectivity index (χ0v) is 8.72. The van der Waals surface area contributed by atoms with Gasteiger partial charge in [-0.2, -0.15) is 8.78 Å². The second-order valence-corrected chi connectivity index (χ2v) is 3.16. The van der Waals surface area contributed by atoms with Crippen molar-refractivity contribution in [3.8, 4) is 11.8 Å². The van der Waals surface area contributed by atoms with Gasteiger partial charge in [0.15, 0.2) is 0 Å². The van der Waals surface area contributed by atoms with Crippen molar-refractivity contribution in [1.82, 2.24) is 0 Å². The maximum Gasteiger partial charge on any atom is 0.340 e. The highest BCUT2D eigenvalue weighted by molar-refractivity contribution is 6.18. The van der Waals surface area contributed by atoms with E-state index in [1.165, 1.54) is 0 Å². The second kappa shape index (κ2) is 5.42. The van der Waals surface area contributed by atoms with E-state index in [1.54, 1.807) is 0 Å². The first-order valence-electron chi connectivity index (χ1n) is 4.24. The fraction of sp³-hybridized carbons (Fsp3) is 0.200. The van der Waals surface area contributed by atoms with Crippen molar-refractivity contribution in [2.24, 2.45) is 0 Å². The standard InChI is InChI=1S/C10H6ClF2NO2/c11-4-2-1-3-7-5-8(12)10(14(15)16)9(13)6-7/h5-6H,2,4H2. The molecule has 0 bridgehead atoms. The lowest BCUT2D eigenvalue weighted by Crippen LogP contribution is -1.97. The molecule has 0 aliphatic heterocycles.